The number of halogens is 1. The van der Waals surface area contributed by atoms with E-state index in [1.165, 1.54) is 0 Å². The fraction of sp³-hybridized carbons (Fsp3) is 0.105. The van der Waals surface area contributed by atoms with Crippen molar-refractivity contribution in [2.75, 3.05) is 6.54 Å². The van der Waals surface area contributed by atoms with Gasteiger partial charge in [0.25, 0.3) is 11.7 Å². The fourth-order valence-electron chi connectivity index (χ4n) is 2.98. The number of hydrogen-bond acceptors (Lipinski definition) is 4. The molecule has 6 nitrogen and oxygen atoms in total. The van der Waals surface area contributed by atoms with Crippen LogP contribution in [0.2, 0.25) is 5.02 Å². The summed E-state index contributed by atoms with van der Waals surface area (Å²) in [6.45, 7) is -0.466. The SMILES string of the molecule is NC(=O)CN1C(=O)C(=O)/C(=C(/O)c2ccccc2)C1c1ccccc1Cl. The highest BCUT2D eigenvalue weighted by Crippen LogP contribution is 2.41. The van der Waals surface area contributed by atoms with Gasteiger partial charge in [-0.2, -0.15) is 0 Å². The Kier molecular flexibility index (Phi) is 4.77. The minimum Gasteiger partial charge on any atom is -0.507 e. The largest absolute Gasteiger partial charge is 0.507 e. The van der Waals surface area contributed by atoms with Crippen LogP contribution in [0, 0.1) is 0 Å². The van der Waals surface area contributed by atoms with E-state index in [1.807, 2.05) is 0 Å². The average molecular weight is 371 g/mol. The summed E-state index contributed by atoms with van der Waals surface area (Å²) in [4.78, 5) is 37.5. The minimum absolute atomic E-state index is 0.129. The van der Waals surface area contributed by atoms with Gasteiger partial charge >= 0.3 is 0 Å². The van der Waals surface area contributed by atoms with E-state index in [9.17, 15) is 19.5 Å². The predicted octanol–water partition coefficient (Wildman–Crippen LogP) is 2.25. The van der Waals surface area contributed by atoms with E-state index >= 15 is 0 Å². The van der Waals surface area contributed by atoms with Crippen molar-refractivity contribution in [2.45, 2.75) is 6.04 Å². The normalized spacial score (nSPS) is 19.0. The van der Waals surface area contributed by atoms with Gasteiger partial charge < -0.3 is 15.7 Å². The van der Waals surface area contributed by atoms with Crippen LogP contribution >= 0.6 is 11.6 Å². The van der Waals surface area contributed by atoms with Crippen LogP contribution in [0.15, 0.2) is 60.2 Å². The zero-order chi connectivity index (χ0) is 18.8. The molecule has 3 rings (SSSR count). The van der Waals surface area contributed by atoms with E-state index in [1.54, 1.807) is 54.6 Å². The molecule has 3 N–H and O–H groups in total. The van der Waals surface area contributed by atoms with Crippen molar-refractivity contribution in [2.24, 2.45) is 5.73 Å². The summed E-state index contributed by atoms with van der Waals surface area (Å²) < 4.78 is 0. The molecular formula is C19H15ClN2O4. The number of carbonyl (C=O) groups is 3. The van der Waals surface area contributed by atoms with Gasteiger partial charge in [-0.05, 0) is 11.6 Å². The zero-order valence-electron chi connectivity index (χ0n) is 13.6. The quantitative estimate of drug-likeness (QED) is 0.489. The number of carbonyl (C=O) groups excluding carboxylic acids is 3. The standard InChI is InChI=1S/C19H15ClN2O4/c20-13-9-5-4-8-12(13)16-15(17(24)11-6-2-1-3-7-11)18(25)19(26)22(16)10-14(21)23/h1-9,16,24H,10H2,(H2,21,23)/b17-15+. The van der Waals surface area contributed by atoms with Crippen molar-refractivity contribution in [3.05, 3.63) is 76.3 Å². The monoisotopic (exact) mass is 370 g/mol. The Morgan fingerprint density at radius 2 is 1.69 bits per heavy atom. The van der Waals surface area contributed by atoms with E-state index in [0.29, 0.717) is 16.1 Å². The van der Waals surface area contributed by atoms with Gasteiger partial charge in [0.05, 0.1) is 11.6 Å². The second-order valence-corrected chi connectivity index (χ2v) is 6.19. The Hall–Kier alpha value is -3.12. The summed E-state index contributed by atoms with van der Waals surface area (Å²) in [6.07, 6.45) is 0. The first-order valence-electron chi connectivity index (χ1n) is 7.78. The van der Waals surface area contributed by atoms with Crippen molar-refractivity contribution >= 4 is 35.0 Å². The molecule has 1 aliphatic rings. The average Bonchev–Trinajstić information content (AvgIpc) is 2.87. The van der Waals surface area contributed by atoms with Crippen LogP contribution in [-0.4, -0.2) is 34.1 Å². The summed E-state index contributed by atoms with van der Waals surface area (Å²) in [6, 6.07) is 14.0. The van der Waals surface area contributed by atoms with Crippen molar-refractivity contribution in [3.8, 4) is 0 Å². The highest BCUT2D eigenvalue weighted by molar-refractivity contribution is 6.47. The molecule has 1 atom stereocenters. The molecule has 0 spiro atoms. The Morgan fingerprint density at radius 3 is 2.31 bits per heavy atom. The lowest BCUT2D eigenvalue weighted by atomic mass is 9.95. The molecule has 2 aromatic carbocycles. The molecule has 1 aliphatic heterocycles. The molecule has 2 aromatic rings. The van der Waals surface area contributed by atoms with E-state index in [2.05, 4.69) is 0 Å². The number of amides is 2. The molecule has 7 heteroatoms. The Bertz CT molecular complexity index is 924. The lowest BCUT2D eigenvalue weighted by Gasteiger charge is -2.24. The molecule has 132 valence electrons. The van der Waals surface area contributed by atoms with Crippen molar-refractivity contribution in [3.63, 3.8) is 0 Å². The van der Waals surface area contributed by atoms with Gasteiger partial charge in [-0.25, -0.2) is 0 Å². The van der Waals surface area contributed by atoms with Crippen LogP contribution in [0.25, 0.3) is 5.76 Å². The first kappa shape index (κ1) is 17.7. The Morgan fingerprint density at radius 1 is 1.08 bits per heavy atom. The van der Waals surface area contributed by atoms with Crippen LogP contribution < -0.4 is 5.73 Å². The number of likely N-dealkylation sites (tertiary alicyclic amines) is 1. The molecule has 1 fully saturated rings. The maximum Gasteiger partial charge on any atom is 0.296 e. The second kappa shape index (κ2) is 7.01. The first-order valence-corrected chi connectivity index (χ1v) is 8.16. The van der Waals surface area contributed by atoms with Crippen LogP contribution in [0.4, 0.5) is 0 Å². The van der Waals surface area contributed by atoms with Crippen LogP contribution in [0.1, 0.15) is 17.2 Å². The molecule has 1 unspecified atom stereocenters. The third kappa shape index (κ3) is 3.07. The van der Waals surface area contributed by atoms with E-state index in [-0.39, 0.29) is 11.3 Å². The van der Waals surface area contributed by atoms with Gasteiger partial charge in [0.15, 0.2) is 0 Å². The number of nitrogens with zero attached hydrogens (tertiary/aromatic N) is 1. The number of ketones is 1. The number of Topliss-reactive ketones (excluding diaryl/α,β-unsaturated/α-hetero) is 1. The maximum atomic E-state index is 12.6. The molecule has 0 saturated carbocycles. The second-order valence-electron chi connectivity index (χ2n) is 5.78. The molecule has 0 bridgehead atoms. The highest BCUT2D eigenvalue weighted by atomic mass is 35.5. The topological polar surface area (TPSA) is 101 Å². The molecule has 2 amide bonds. The number of hydrogen-bond donors (Lipinski definition) is 2. The Balaban J connectivity index is 2.24. The summed E-state index contributed by atoms with van der Waals surface area (Å²) >= 11 is 6.25. The molecule has 0 radical (unpaired) electrons. The molecule has 1 saturated heterocycles. The van der Waals surface area contributed by atoms with Crippen molar-refractivity contribution < 1.29 is 19.5 Å². The minimum atomic E-state index is -1.00. The highest BCUT2D eigenvalue weighted by Gasteiger charge is 2.47. The Labute approximate surface area is 154 Å². The number of aliphatic hydroxyl groups excluding tert-OH is 1. The zero-order valence-corrected chi connectivity index (χ0v) is 14.3. The van der Waals surface area contributed by atoms with Crippen LogP contribution in [0.3, 0.4) is 0 Å². The number of nitrogens with two attached hydrogens (primary N) is 1. The fourth-order valence-corrected chi connectivity index (χ4v) is 3.22. The molecule has 26 heavy (non-hydrogen) atoms. The molecule has 1 heterocycles. The first-order chi connectivity index (χ1) is 12.4. The smallest absolute Gasteiger partial charge is 0.296 e. The third-order valence-corrected chi connectivity index (χ3v) is 4.46. The summed E-state index contributed by atoms with van der Waals surface area (Å²) in [5.41, 5.74) is 5.91. The summed E-state index contributed by atoms with van der Waals surface area (Å²) in [7, 11) is 0. The number of aliphatic hydroxyl groups is 1. The number of benzene rings is 2. The van der Waals surface area contributed by atoms with Crippen LogP contribution in [0.5, 0.6) is 0 Å². The number of rotatable bonds is 4. The molecular weight excluding hydrogens is 356 g/mol. The van der Waals surface area contributed by atoms with Crippen molar-refractivity contribution in [1.82, 2.24) is 4.90 Å². The third-order valence-electron chi connectivity index (χ3n) is 4.11. The lowest BCUT2D eigenvalue weighted by molar-refractivity contribution is -0.141. The van der Waals surface area contributed by atoms with Crippen LogP contribution in [-0.2, 0) is 14.4 Å². The van der Waals surface area contributed by atoms with Gasteiger partial charge in [0, 0.05) is 10.6 Å². The van der Waals surface area contributed by atoms with Gasteiger partial charge in [-0.15, -0.1) is 0 Å². The lowest BCUT2D eigenvalue weighted by Crippen LogP contribution is -2.37. The molecule has 0 aromatic heterocycles. The van der Waals surface area contributed by atoms with E-state index < -0.39 is 30.2 Å². The molecule has 0 aliphatic carbocycles. The van der Waals surface area contributed by atoms with E-state index in [0.717, 1.165) is 4.90 Å². The van der Waals surface area contributed by atoms with Gasteiger partial charge in [-0.1, -0.05) is 60.1 Å². The van der Waals surface area contributed by atoms with Gasteiger partial charge in [0.2, 0.25) is 5.91 Å². The maximum absolute atomic E-state index is 12.6. The summed E-state index contributed by atoms with van der Waals surface area (Å²) in [5.74, 6) is -2.91. The summed E-state index contributed by atoms with van der Waals surface area (Å²) in [5, 5.41) is 11.0. The van der Waals surface area contributed by atoms with E-state index in [4.69, 9.17) is 17.3 Å². The van der Waals surface area contributed by atoms with Gasteiger partial charge in [0.1, 0.15) is 12.3 Å². The van der Waals surface area contributed by atoms with Gasteiger partial charge in [-0.3, -0.25) is 14.4 Å². The predicted molar refractivity (Wildman–Crippen MR) is 96.1 cm³/mol. The van der Waals surface area contributed by atoms with Crippen molar-refractivity contribution in [1.29, 1.82) is 0 Å². The number of primary amides is 1.